The molecule has 2 amide bonds. The zero-order valence-electron chi connectivity index (χ0n) is 17.7. The minimum absolute atomic E-state index is 0.0942. The van der Waals surface area contributed by atoms with Crippen molar-refractivity contribution in [2.24, 2.45) is 5.92 Å². The Morgan fingerprint density at radius 1 is 1.21 bits per heavy atom. The lowest BCUT2D eigenvalue weighted by Gasteiger charge is -2.38. The number of nitrogens with zero attached hydrogens (tertiary/aromatic N) is 2. The Morgan fingerprint density at radius 3 is 2.50 bits per heavy atom. The van der Waals surface area contributed by atoms with E-state index in [4.69, 9.17) is 9.47 Å². The third-order valence-corrected chi connectivity index (χ3v) is 5.19. The molecule has 2 heterocycles. The van der Waals surface area contributed by atoms with Gasteiger partial charge in [0.2, 0.25) is 5.88 Å². The molecular weight excluding hydrogens is 356 g/mol. The van der Waals surface area contributed by atoms with Crippen molar-refractivity contribution in [2.45, 2.75) is 59.2 Å². The molecule has 158 valence electrons. The molecule has 0 radical (unpaired) electrons. The van der Waals surface area contributed by atoms with E-state index in [0.29, 0.717) is 30.9 Å². The summed E-state index contributed by atoms with van der Waals surface area (Å²) in [4.78, 5) is 19.0. The molecule has 2 rings (SSSR count). The maximum absolute atomic E-state index is 12.3. The van der Waals surface area contributed by atoms with Crippen molar-refractivity contribution in [3.63, 3.8) is 0 Å². The minimum atomic E-state index is -0.147. The summed E-state index contributed by atoms with van der Waals surface area (Å²) in [7, 11) is 0. The molecule has 28 heavy (non-hydrogen) atoms. The number of nitrogens with one attached hydrogen (secondary N) is 2. The van der Waals surface area contributed by atoms with Crippen LogP contribution in [-0.4, -0.2) is 60.9 Å². The smallest absolute Gasteiger partial charge is 0.315 e. The van der Waals surface area contributed by atoms with Crippen molar-refractivity contribution in [2.75, 3.05) is 32.8 Å². The molecule has 1 aliphatic heterocycles. The van der Waals surface area contributed by atoms with Gasteiger partial charge in [0.25, 0.3) is 0 Å². The van der Waals surface area contributed by atoms with E-state index in [0.717, 1.165) is 44.7 Å². The number of ether oxygens (including phenoxy) is 2. The Balaban J connectivity index is 1.81. The lowest BCUT2D eigenvalue weighted by molar-refractivity contribution is 0.00237. The van der Waals surface area contributed by atoms with Crippen molar-refractivity contribution < 1.29 is 14.3 Å². The van der Waals surface area contributed by atoms with Crippen molar-refractivity contribution in [3.8, 4) is 5.88 Å². The first-order valence-corrected chi connectivity index (χ1v) is 10.5. The first-order valence-electron chi connectivity index (χ1n) is 10.5. The molecular formula is C21H36N4O3. The number of morpholine rings is 1. The van der Waals surface area contributed by atoms with Gasteiger partial charge in [0.15, 0.2) is 0 Å². The normalized spacial score (nSPS) is 16.2. The molecule has 1 unspecified atom stereocenters. The number of rotatable bonds is 10. The molecule has 1 fully saturated rings. The van der Waals surface area contributed by atoms with Gasteiger partial charge in [-0.3, -0.25) is 4.90 Å². The Morgan fingerprint density at radius 2 is 1.93 bits per heavy atom. The Hall–Kier alpha value is -1.86. The SMILES string of the molecule is CCC(CC)C(CNC(=O)NCc1ccc(OC(C)C)nc1)N1CCOCC1. The van der Waals surface area contributed by atoms with Gasteiger partial charge in [-0.05, 0) is 25.3 Å². The summed E-state index contributed by atoms with van der Waals surface area (Å²) >= 11 is 0. The summed E-state index contributed by atoms with van der Waals surface area (Å²) in [6.45, 7) is 12.9. The van der Waals surface area contributed by atoms with Crippen molar-refractivity contribution in [1.82, 2.24) is 20.5 Å². The van der Waals surface area contributed by atoms with E-state index >= 15 is 0 Å². The fourth-order valence-electron chi connectivity index (χ4n) is 3.60. The fraction of sp³-hybridized carbons (Fsp3) is 0.714. The largest absolute Gasteiger partial charge is 0.475 e. The average molecular weight is 393 g/mol. The van der Waals surface area contributed by atoms with Gasteiger partial charge in [-0.2, -0.15) is 0 Å². The van der Waals surface area contributed by atoms with E-state index in [2.05, 4.69) is 34.4 Å². The fourth-order valence-corrected chi connectivity index (χ4v) is 3.60. The van der Waals surface area contributed by atoms with E-state index < -0.39 is 0 Å². The summed E-state index contributed by atoms with van der Waals surface area (Å²) < 4.78 is 11.0. The highest BCUT2D eigenvalue weighted by Gasteiger charge is 2.27. The molecule has 0 saturated carbocycles. The molecule has 0 aliphatic carbocycles. The van der Waals surface area contributed by atoms with Gasteiger partial charge < -0.3 is 20.1 Å². The number of pyridine rings is 1. The lowest BCUT2D eigenvalue weighted by Crippen LogP contribution is -2.53. The lowest BCUT2D eigenvalue weighted by atomic mass is 9.92. The summed E-state index contributed by atoms with van der Waals surface area (Å²) in [5.74, 6) is 1.16. The summed E-state index contributed by atoms with van der Waals surface area (Å²) in [5, 5.41) is 5.98. The number of urea groups is 1. The first-order chi connectivity index (χ1) is 13.5. The van der Waals surface area contributed by atoms with Crippen LogP contribution in [0.4, 0.5) is 4.79 Å². The van der Waals surface area contributed by atoms with Gasteiger partial charge in [0.05, 0.1) is 19.3 Å². The highest BCUT2D eigenvalue weighted by molar-refractivity contribution is 5.73. The van der Waals surface area contributed by atoms with Crippen LogP contribution in [0.1, 0.15) is 46.1 Å². The van der Waals surface area contributed by atoms with E-state index in [-0.39, 0.29) is 12.1 Å². The van der Waals surface area contributed by atoms with Crippen LogP contribution in [0.5, 0.6) is 5.88 Å². The van der Waals surface area contributed by atoms with Crippen LogP contribution < -0.4 is 15.4 Å². The topological polar surface area (TPSA) is 75.7 Å². The monoisotopic (exact) mass is 392 g/mol. The number of hydrogen-bond donors (Lipinski definition) is 2. The summed E-state index contributed by atoms with van der Waals surface area (Å²) in [6.07, 6.45) is 4.05. The maximum Gasteiger partial charge on any atom is 0.315 e. The summed E-state index contributed by atoms with van der Waals surface area (Å²) in [6, 6.07) is 3.95. The molecule has 7 nitrogen and oxygen atoms in total. The van der Waals surface area contributed by atoms with Crippen LogP contribution in [0.25, 0.3) is 0 Å². The van der Waals surface area contributed by atoms with Gasteiger partial charge in [0.1, 0.15) is 0 Å². The predicted octanol–water partition coefficient (Wildman–Crippen LogP) is 2.81. The van der Waals surface area contributed by atoms with Gasteiger partial charge in [-0.25, -0.2) is 9.78 Å². The molecule has 1 aromatic rings. The molecule has 0 spiro atoms. The number of hydrogen-bond acceptors (Lipinski definition) is 5. The first kappa shape index (κ1) is 22.4. The predicted molar refractivity (Wildman–Crippen MR) is 110 cm³/mol. The third-order valence-electron chi connectivity index (χ3n) is 5.19. The average Bonchev–Trinajstić information content (AvgIpc) is 2.71. The molecule has 1 saturated heterocycles. The number of carbonyl (C=O) groups excluding carboxylic acids is 1. The number of amides is 2. The molecule has 0 bridgehead atoms. The van der Waals surface area contributed by atoms with Crippen molar-refractivity contribution >= 4 is 6.03 Å². The highest BCUT2D eigenvalue weighted by atomic mass is 16.5. The number of aromatic nitrogens is 1. The Kier molecular flexibility index (Phi) is 9.50. The highest BCUT2D eigenvalue weighted by Crippen LogP contribution is 2.19. The van der Waals surface area contributed by atoms with Gasteiger partial charge >= 0.3 is 6.03 Å². The van der Waals surface area contributed by atoms with Crippen molar-refractivity contribution in [3.05, 3.63) is 23.9 Å². The van der Waals surface area contributed by atoms with E-state index in [1.807, 2.05) is 26.0 Å². The Labute approximate surface area is 169 Å². The zero-order chi connectivity index (χ0) is 20.4. The molecule has 1 aromatic heterocycles. The Bertz CT molecular complexity index is 570. The molecule has 7 heteroatoms. The van der Waals surface area contributed by atoms with Crippen LogP contribution in [0.15, 0.2) is 18.3 Å². The second-order valence-electron chi connectivity index (χ2n) is 7.53. The van der Waals surface area contributed by atoms with Crippen LogP contribution in [-0.2, 0) is 11.3 Å². The second-order valence-corrected chi connectivity index (χ2v) is 7.53. The minimum Gasteiger partial charge on any atom is -0.475 e. The molecule has 1 atom stereocenters. The molecule has 1 aliphatic rings. The number of carbonyl (C=O) groups is 1. The van der Waals surface area contributed by atoms with Crippen LogP contribution >= 0.6 is 0 Å². The quantitative estimate of drug-likeness (QED) is 0.640. The second kappa shape index (κ2) is 11.9. The third kappa shape index (κ3) is 7.28. The van der Waals surface area contributed by atoms with Gasteiger partial charge in [0, 0.05) is 44.5 Å². The zero-order valence-corrected chi connectivity index (χ0v) is 17.7. The van der Waals surface area contributed by atoms with E-state index in [1.54, 1.807) is 6.20 Å². The van der Waals surface area contributed by atoms with Crippen LogP contribution in [0, 0.1) is 5.92 Å². The summed E-state index contributed by atoms with van der Waals surface area (Å²) in [5.41, 5.74) is 0.941. The standard InChI is InChI=1S/C21H36N4O3/c1-5-18(6-2)19(25-9-11-27-12-10-25)15-24-21(26)23-14-17-7-8-20(22-13-17)28-16(3)4/h7-8,13,16,18-19H,5-6,9-12,14-15H2,1-4H3,(H2,23,24,26). The van der Waals surface area contributed by atoms with Crippen LogP contribution in [0.3, 0.4) is 0 Å². The van der Waals surface area contributed by atoms with E-state index in [9.17, 15) is 4.79 Å². The maximum atomic E-state index is 12.3. The van der Waals surface area contributed by atoms with Gasteiger partial charge in [-0.1, -0.05) is 32.8 Å². The van der Waals surface area contributed by atoms with Crippen molar-refractivity contribution in [1.29, 1.82) is 0 Å². The van der Waals surface area contributed by atoms with Gasteiger partial charge in [-0.15, -0.1) is 0 Å². The molecule has 0 aromatic carbocycles. The van der Waals surface area contributed by atoms with E-state index in [1.165, 1.54) is 0 Å². The molecule has 2 N–H and O–H groups in total. The van der Waals surface area contributed by atoms with Crippen LogP contribution in [0.2, 0.25) is 0 Å².